The monoisotopic (exact) mass is 877 g/mol. The van der Waals surface area contributed by atoms with Crippen molar-refractivity contribution in [2.75, 3.05) is 12.5 Å². The third-order valence-electron chi connectivity index (χ3n) is 8.43. The van der Waals surface area contributed by atoms with Crippen molar-refractivity contribution in [1.29, 1.82) is 5.26 Å². The Kier molecular flexibility index (Phi) is 19.9. The van der Waals surface area contributed by atoms with Gasteiger partial charge < -0.3 is 10.1 Å². The second kappa shape index (κ2) is 26.3. The number of nitriles is 1. The Hall–Kier alpha value is -8.13. The second-order valence-corrected chi connectivity index (χ2v) is 12.6. The topological polar surface area (TPSA) is 160 Å². The molecule has 0 saturated heterocycles. The molecule has 0 bridgehead atoms. The first-order chi connectivity index (χ1) is 30.7. The van der Waals surface area contributed by atoms with Crippen molar-refractivity contribution in [2.24, 2.45) is 0 Å². The molecule has 17 heteroatoms. The highest BCUT2D eigenvalue weighted by Crippen LogP contribution is 2.18. The molecule has 0 aliphatic heterocycles. The third-order valence-corrected chi connectivity index (χ3v) is 8.43. The van der Waals surface area contributed by atoms with Gasteiger partial charge in [0.25, 0.3) is 6.26 Å². The SMILES string of the molecule is C.C.Fc1ccc(CCc2nc(-c3cccnc3)n[nH]2)cc1.N#COc1ccccc1F.O=C(Nc1ccccc1F)n1nc(-c2ccccn2)nc1CCc1ccc(F)cc1.[2H]CF. The molecule has 4 aromatic carbocycles. The third kappa shape index (κ3) is 15.1. The molecule has 8 aromatic rings. The summed E-state index contributed by atoms with van der Waals surface area (Å²) in [5.41, 5.74) is 3.40. The number of aryl methyl sites for hydroxylation is 4. The Morgan fingerprint density at radius 2 is 1.38 bits per heavy atom. The highest BCUT2D eigenvalue weighted by Gasteiger charge is 2.19. The van der Waals surface area contributed by atoms with E-state index in [2.05, 4.69) is 45.3 Å². The van der Waals surface area contributed by atoms with Gasteiger partial charge in [0.2, 0.25) is 5.82 Å². The molecule has 0 spiro atoms. The summed E-state index contributed by atoms with van der Waals surface area (Å²) >= 11 is 0. The normalized spacial score (nSPS) is 9.97. The van der Waals surface area contributed by atoms with Crippen LogP contribution in [0.4, 0.5) is 32.4 Å². The van der Waals surface area contributed by atoms with Gasteiger partial charge in [0.1, 0.15) is 34.8 Å². The molecule has 330 valence electrons. The first-order valence-electron chi connectivity index (χ1n) is 19.3. The molecule has 4 aromatic heterocycles. The number of halogens is 5. The minimum Gasteiger partial charge on any atom is -0.385 e. The standard InChI is InChI=1S/C22H17F2N5O.C15H13FN4.C7H4FNO.CH3F.2CH4/c23-16-11-8-15(9-12-16)10-13-20-27-21(19-7-3-4-14-25-19)28-29(20)22(30)26-18-6-2-1-5-17(18)24;16-13-6-3-11(4-7-13)5-8-14-18-15(20-19-14)12-2-1-9-17-10-12;8-6-3-1-2-4-7(6)10-5-9;1-2;;/h1-9,11-12,14H,10,13H2,(H,26,30);1-4,6-7,9-10H,5,8H2,(H,18,19,20);1-4H;1H3;2*1H4/i;;;1D;;. The fraction of sp³-hybridized carbons (Fsp3) is 0.149. The maximum Gasteiger partial charge on any atom is 0.348 e. The molecule has 0 aliphatic rings. The number of hydrogen-bond donors (Lipinski definition) is 2. The van der Waals surface area contributed by atoms with Crippen molar-refractivity contribution in [3.63, 3.8) is 0 Å². The number of H-pyrrole nitrogens is 1. The van der Waals surface area contributed by atoms with Crippen LogP contribution in [0.5, 0.6) is 5.75 Å². The smallest absolute Gasteiger partial charge is 0.348 e. The van der Waals surface area contributed by atoms with Crippen LogP contribution in [0.2, 0.25) is 0 Å². The molecule has 0 radical (unpaired) electrons. The number of benzene rings is 4. The lowest BCUT2D eigenvalue weighted by atomic mass is 10.1. The van der Waals surface area contributed by atoms with E-state index < -0.39 is 24.8 Å². The van der Waals surface area contributed by atoms with Crippen LogP contribution >= 0.6 is 0 Å². The quantitative estimate of drug-likeness (QED) is 0.101. The van der Waals surface area contributed by atoms with E-state index >= 15 is 0 Å². The van der Waals surface area contributed by atoms with Crippen LogP contribution in [0, 0.1) is 34.8 Å². The van der Waals surface area contributed by atoms with Crippen LogP contribution in [0.15, 0.2) is 146 Å². The molecule has 4 heterocycles. The average molecular weight is 878 g/mol. The van der Waals surface area contributed by atoms with Gasteiger partial charge in [-0.15, -0.1) is 10.4 Å². The number of para-hydroxylation sites is 2. The molecule has 0 fully saturated rings. The maximum atomic E-state index is 13.9. The van der Waals surface area contributed by atoms with Crippen LogP contribution in [0.1, 0.15) is 39.0 Å². The predicted molar refractivity (Wildman–Crippen MR) is 234 cm³/mol. The highest BCUT2D eigenvalue weighted by atomic mass is 19.1. The van der Waals surface area contributed by atoms with Crippen molar-refractivity contribution < 1.29 is 32.9 Å². The Balaban J connectivity index is 0.000000276. The molecular weight excluding hydrogens is 832 g/mol. The van der Waals surface area contributed by atoms with E-state index in [1.807, 2.05) is 12.1 Å². The van der Waals surface area contributed by atoms with E-state index in [1.54, 1.807) is 73.2 Å². The fourth-order valence-electron chi connectivity index (χ4n) is 5.43. The number of hydrogen-bond acceptors (Lipinski definition) is 9. The van der Waals surface area contributed by atoms with Gasteiger partial charge in [0, 0.05) is 37.0 Å². The summed E-state index contributed by atoms with van der Waals surface area (Å²) in [4.78, 5) is 30.0. The number of ether oxygens (including phenoxy) is 1. The lowest BCUT2D eigenvalue weighted by molar-refractivity contribution is 0.250. The van der Waals surface area contributed by atoms with Crippen molar-refractivity contribution >= 4 is 11.7 Å². The maximum absolute atomic E-state index is 13.9. The van der Waals surface area contributed by atoms with E-state index in [-0.39, 0.29) is 43.7 Å². The van der Waals surface area contributed by atoms with E-state index in [0.29, 0.717) is 30.2 Å². The number of aromatic amines is 1. The minimum atomic E-state index is -1.00. The Morgan fingerprint density at radius 3 is 1.97 bits per heavy atom. The lowest BCUT2D eigenvalue weighted by Crippen LogP contribution is -2.24. The van der Waals surface area contributed by atoms with Crippen LogP contribution in [-0.4, -0.2) is 53.1 Å². The summed E-state index contributed by atoms with van der Waals surface area (Å²) in [6.45, 7) is 0. The van der Waals surface area contributed by atoms with E-state index in [4.69, 9.17) is 6.63 Å². The molecule has 0 aliphatic carbocycles. The number of nitrogens with one attached hydrogen (secondary N) is 2. The molecule has 8 rings (SSSR count). The molecule has 0 saturated carbocycles. The first kappa shape index (κ1) is 48.5. The summed E-state index contributed by atoms with van der Waals surface area (Å²) in [6.07, 6.45) is 8.85. The van der Waals surface area contributed by atoms with E-state index in [0.717, 1.165) is 40.0 Å². The number of aromatic nitrogens is 8. The minimum absolute atomic E-state index is 0. The summed E-state index contributed by atoms with van der Waals surface area (Å²) in [7, 11) is -1.00. The van der Waals surface area contributed by atoms with Crippen LogP contribution in [-0.2, 0) is 25.7 Å². The first-order valence-corrected chi connectivity index (χ1v) is 18.6. The number of nitrogens with zero attached hydrogens (tertiary/aromatic N) is 8. The van der Waals surface area contributed by atoms with Gasteiger partial charge in [-0.3, -0.25) is 19.5 Å². The molecule has 1 amide bonds. The van der Waals surface area contributed by atoms with E-state index in [9.17, 15) is 26.7 Å². The zero-order valence-corrected chi connectivity index (χ0v) is 32.7. The van der Waals surface area contributed by atoms with Crippen molar-refractivity contribution in [1.82, 2.24) is 39.9 Å². The van der Waals surface area contributed by atoms with E-state index in [1.165, 1.54) is 66.9 Å². The summed E-state index contributed by atoms with van der Waals surface area (Å²) in [6, 6.07) is 32.7. The van der Waals surface area contributed by atoms with Gasteiger partial charge in [-0.25, -0.2) is 32.3 Å². The number of amides is 1. The molecular formula is C47H45F5N10O2. The van der Waals surface area contributed by atoms with Gasteiger partial charge in [0.05, 0.1) is 14.2 Å². The largest absolute Gasteiger partial charge is 0.385 e. The van der Waals surface area contributed by atoms with Gasteiger partial charge in [-0.2, -0.15) is 9.78 Å². The number of rotatable bonds is 10. The van der Waals surface area contributed by atoms with Gasteiger partial charge in [0.15, 0.2) is 17.4 Å². The van der Waals surface area contributed by atoms with Crippen LogP contribution in [0.3, 0.4) is 0 Å². The second-order valence-electron chi connectivity index (χ2n) is 12.6. The van der Waals surface area contributed by atoms with Crippen LogP contribution < -0.4 is 10.1 Å². The number of carbonyl (C=O) groups excluding carboxylic acids is 1. The average Bonchev–Trinajstić information content (AvgIpc) is 3.97. The molecule has 0 unspecified atom stereocenters. The zero-order chi connectivity index (χ0) is 44.8. The highest BCUT2D eigenvalue weighted by molar-refractivity contribution is 5.91. The summed E-state index contributed by atoms with van der Waals surface area (Å²) < 4.78 is 73.3. The Labute approximate surface area is 368 Å². The molecule has 12 nitrogen and oxygen atoms in total. The Bertz CT molecular complexity index is 2670. The fourth-order valence-corrected chi connectivity index (χ4v) is 5.43. The molecule has 0 atom stereocenters. The number of anilines is 1. The predicted octanol–water partition coefficient (Wildman–Crippen LogP) is 10.8. The van der Waals surface area contributed by atoms with Crippen LogP contribution in [0.25, 0.3) is 22.9 Å². The summed E-state index contributed by atoms with van der Waals surface area (Å²) in [5, 5.41) is 21.9. The van der Waals surface area contributed by atoms with Gasteiger partial charge in [-0.05, 0) is 96.8 Å². The summed E-state index contributed by atoms with van der Waals surface area (Å²) in [5.74, 6) is 0.483. The van der Waals surface area contributed by atoms with Crippen molar-refractivity contribution in [3.8, 4) is 34.9 Å². The number of alkyl halides is 1. The lowest BCUT2D eigenvalue weighted by Gasteiger charge is -2.08. The van der Waals surface area contributed by atoms with Gasteiger partial charge >= 0.3 is 6.03 Å². The number of carbonyl (C=O) groups is 1. The van der Waals surface area contributed by atoms with Gasteiger partial charge in [-0.1, -0.05) is 69.5 Å². The molecule has 2 N–H and O–H groups in total. The molecule has 64 heavy (non-hydrogen) atoms. The Morgan fingerprint density at radius 1 is 0.750 bits per heavy atom. The number of pyridine rings is 2. The van der Waals surface area contributed by atoms with Crippen molar-refractivity contribution in [2.45, 2.75) is 40.5 Å². The van der Waals surface area contributed by atoms with Crippen molar-refractivity contribution in [3.05, 3.63) is 192 Å². The zero-order valence-electron chi connectivity index (χ0n) is 33.7.